The first-order valence-corrected chi connectivity index (χ1v) is 7.00. The lowest BCUT2D eigenvalue weighted by atomic mass is 9.96. The molecular formula is C15H20N4. The highest BCUT2D eigenvalue weighted by molar-refractivity contribution is 5.58. The highest BCUT2D eigenvalue weighted by atomic mass is 14.9. The van der Waals surface area contributed by atoms with Gasteiger partial charge in [0.05, 0.1) is 5.69 Å². The van der Waals surface area contributed by atoms with Gasteiger partial charge in [0, 0.05) is 30.1 Å². The predicted octanol–water partition coefficient (Wildman–Crippen LogP) is 2.32. The number of aryl methyl sites for hydroxylation is 1. The Bertz CT molecular complexity index is 527. The number of hydrogen-bond acceptors (Lipinski definition) is 3. The number of piperidine rings is 1. The van der Waals surface area contributed by atoms with Gasteiger partial charge >= 0.3 is 0 Å². The van der Waals surface area contributed by atoms with E-state index >= 15 is 0 Å². The second-order valence-electron chi connectivity index (χ2n) is 5.33. The zero-order valence-corrected chi connectivity index (χ0v) is 11.3. The van der Waals surface area contributed by atoms with Crippen molar-refractivity contribution in [3.63, 3.8) is 0 Å². The fourth-order valence-electron chi connectivity index (χ4n) is 2.71. The minimum Gasteiger partial charge on any atom is -0.367 e. The number of hydrogen-bond donors (Lipinski definition) is 2. The largest absolute Gasteiger partial charge is 0.367 e. The molecule has 1 saturated heterocycles. The number of H-pyrrole nitrogens is 1. The topological polar surface area (TPSA) is 53.6 Å². The molecular weight excluding hydrogens is 236 g/mol. The summed E-state index contributed by atoms with van der Waals surface area (Å²) in [5.41, 5.74) is 3.20. The van der Waals surface area contributed by atoms with Crippen molar-refractivity contribution in [1.82, 2.24) is 20.3 Å². The SMILES string of the molecule is Cc1cc(-c2cc[nH]c2)nc(CC2CCCNC2)n1. The van der Waals surface area contributed by atoms with Gasteiger partial charge in [-0.05, 0) is 50.9 Å². The zero-order valence-electron chi connectivity index (χ0n) is 11.3. The lowest BCUT2D eigenvalue weighted by Gasteiger charge is -2.22. The molecule has 0 spiro atoms. The molecule has 0 bridgehead atoms. The van der Waals surface area contributed by atoms with Gasteiger partial charge in [-0.1, -0.05) is 0 Å². The standard InChI is InChI=1S/C15H20N4/c1-11-7-14(13-4-6-17-10-13)19-15(18-11)8-12-3-2-5-16-9-12/h4,6-7,10,12,16-17H,2-3,5,8-9H2,1H3. The summed E-state index contributed by atoms with van der Waals surface area (Å²) in [5.74, 6) is 1.65. The zero-order chi connectivity index (χ0) is 13.1. The van der Waals surface area contributed by atoms with Crippen LogP contribution in [0.15, 0.2) is 24.5 Å². The van der Waals surface area contributed by atoms with Crippen LogP contribution >= 0.6 is 0 Å². The Hall–Kier alpha value is -1.68. The first kappa shape index (κ1) is 12.4. The van der Waals surface area contributed by atoms with Crippen molar-refractivity contribution < 1.29 is 0 Å². The van der Waals surface area contributed by atoms with Gasteiger partial charge in [-0.2, -0.15) is 0 Å². The molecule has 2 N–H and O–H groups in total. The lowest BCUT2D eigenvalue weighted by Crippen LogP contribution is -2.31. The number of nitrogens with one attached hydrogen (secondary N) is 2. The normalized spacial score (nSPS) is 19.5. The van der Waals surface area contributed by atoms with Crippen molar-refractivity contribution in [2.45, 2.75) is 26.2 Å². The van der Waals surface area contributed by atoms with Gasteiger partial charge in [-0.25, -0.2) is 9.97 Å². The van der Waals surface area contributed by atoms with Gasteiger partial charge in [0.25, 0.3) is 0 Å². The monoisotopic (exact) mass is 256 g/mol. The third kappa shape index (κ3) is 3.01. The Morgan fingerprint density at radius 2 is 2.32 bits per heavy atom. The van der Waals surface area contributed by atoms with Gasteiger partial charge < -0.3 is 10.3 Å². The molecule has 100 valence electrons. The number of aromatic nitrogens is 3. The summed E-state index contributed by atoms with van der Waals surface area (Å²) in [6, 6.07) is 4.10. The molecule has 2 aromatic heterocycles. The summed E-state index contributed by atoms with van der Waals surface area (Å²) in [7, 11) is 0. The summed E-state index contributed by atoms with van der Waals surface area (Å²) in [6.07, 6.45) is 7.43. The van der Waals surface area contributed by atoms with Gasteiger partial charge in [0.15, 0.2) is 0 Å². The molecule has 0 aromatic carbocycles. The summed E-state index contributed by atoms with van der Waals surface area (Å²) in [4.78, 5) is 12.4. The molecule has 2 aromatic rings. The maximum Gasteiger partial charge on any atom is 0.129 e. The molecule has 0 saturated carbocycles. The average molecular weight is 256 g/mol. The van der Waals surface area contributed by atoms with Crippen molar-refractivity contribution in [3.05, 3.63) is 36.0 Å². The van der Waals surface area contributed by atoms with E-state index < -0.39 is 0 Å². The molecule has 0 aliphatic carbocycles. The Balaban J connectivity index is 1.81. The first-order chi connectivity index (χ1) is 9.31. The Kier molecular flexibility index (Phi) is 3.60. The molecule has 4 nitrogen and oxygen atoms in total. The van der Waals surface area contributed by atoms with Crippen LogP contribution in [0.5, 0.6) is 0 Å². The van der Waals surface area contributed by atoms with E-state index in [1.807, 2.05) is 31.5 Å². The van der Waals surface area contributed by atoms with E-state index in [0.29, 0.717) is 5.92 Å². The van der Waals surface area contributed by atoms with Gasteiger partial charge in [0.2, 0.25) is 0 Å². The van der Waals surface area contributed by atoms with Crippen LogP contribution in [0, 0.1) is 12.8 Å². The van der Waals surface area contributed by atoms with Crippen molar-refractivity contribution in [1.29, 1.82) is 0 Å². The Morgan fingerprint density at radius 1 is 1.37 bits per heavy atom. The van der Waals surface area contributed by atoms with Crippen molar-refractivity contribution in [2.75, 3.05) is 13.1 Å². The van der Waals surface area contributed by atoms with Crippen LogP contribution in [0.3, 0.4) is 0 Å². The van der Waals surface area contributed by atoms with Crippen LogP contribution in [0.4, 0.5) is 0 Å². The minimum atomic E-state index is 0.676. The third-order valence-corrected chi connectivity index (χ3v) is 3.66. The Morgan fingerprint density at radius 3 is 3.05 bits per heavy atom. The van der Waals surface area contributed by atoms with Crippen LogP contribution in [0.1, 0.15) is 24.4 Å². The third-order valence-electron chi connectivity index (χ3n) is 3.66. The van der Waals surface area contributed by atoms with E-state index in [1.165, 1.54) is 12.8 Å². The Labute approximate surface area is 113 Å². The van der Waals surface area contributed by atoms with Gasteiger partial charge in [-0.3, -0.25) is 0 Å². The van der Waals surface area contributed by atoms with E-state index in [9.17, 15) is 0 Å². The fraction of sp³-hybridized carbons (Fsp3) is 0.467. The molecule has 3 heterocycles. The van der Waals surface area contributed by atoms with E-state index in [1.54, 1.807) is 0 Å². The van der Waals surface area contributed by atoms with E-state index in [0.717, 1.165) is 42.3 Å². The van der Waals surface area contributed by atoms with Crippen LogP contribution in [-0.2, 0) is 6.42 Å². The molecule has 0 amide bonds. The molecule has 1 unspecified atom stereocenters. The molecule has 4 heteroatoms. The highest BCUT2D eigenvalue weighted by Gasteiger charge is 2.15. The highest BCUT2D eigenvalue weighted by Crippen LogP contribution is 2.19. The number of aromatic amines is 1. The van der Waals surface area contributed by atoms with Crippen LogP contribution < -0.4 is 5.32 Å². The molecule has 1 atom stereocenters. The molecule has 19 heavy (non-hydrogen) atoms. The molecule has 1 fully saturated rings. The summed E-state index contributed by atoms with van der Waals surface area (Å²) < 4.78 is 0. The van der Waals surface area contributed by atoms with Crippen molar-refractivity contribution in [2.24, 2.45) is 5.92 Å². The maximum atomic E-state index is 4.71. The molecule has 1 aliphatic rings. The lowest BCUT2D eigenvalue weighted by molar-refractivity contribution is 0.370. The maximum absolute atomic E-state index is 4.71. The van der Waals surface area contributed by atoms with Gasteiger partial charge in [-0.15, -0.1) is 0 Å². The number of rotatable bonds is 3. The van der Waals surface area contributed by atoms with Crippen molar-refractivity contribution >= 4 is 0 Å². The summed E-state index contributed by atoms with van der Waals surface area (Å²) >= 11 is 0. The van der Waals surface area contributed by atoms with Crippen LogP contribution in [0.2, 0.25) is 0 Å². The van der Waals surface area contributed by atoms with Crippen LogP contribution in [0.25, 0.3) is 11.3 Å². The molecule has 1 aliphatic heterocycles. The predicted molar refractivity (Wildman–Crippen MR) is 75.9 cm³/mol. The van der Waals surface area contributed by atoms with Crippen molar-refractivity contribution in [3.8, 4) is 11.3 Å². The quantitative estimate of drug-likeness (QED) is 0.886. The summed E-state index contributed by atoms with van der Waals surface area (Å²) in [5, 5.41) is 3.45. The second-order valence-corrected chi connectivity index (χ2v) is 5.33. The van der Waals surface area contributed by atoms with E-state index in [4.69, 9.17) is 4.98 Å². The fourth-order valence-corrected chi connectivity index (χ4v) is 2.71. The number of nitrogens with zero attached hydrogens (tertiary/aromatic N) is 2. The minimum absolute atomic E-state index is 0.676. The average Bonchev–Trinajstić information content (AvgIpc) is 2.93. The second kappa shape index (κ2) is 5.53. The molecule has 3 rings (SSSR count). The van der Waals surface area contributed by atoms with Gasteiger partial charge in [0.1, 0.15) is 5.82 Å². The van der Waals surface area contributed by atoms with E-state index in [2.05, 4.69) is 15.3 Å². The smallest absolute Gasteiger partial charge is 0.129 e. The summed E-state index contributed by atoms with van der Waals surface area (Å²) in [6.45, 7) is 4.29. The van der Waals surface area contributed by atoms with E-state index in [-0.39, 0.29) is 0 Å². The molecule has 0 radical (unpaired) electrons. The van der Waals surface area contributed by atoms with Crippen LogP contribution in [-0.4, -0.2) is 28.0 Å². The first-order valence-electron chi connectivity index (χ1n) is 7.00.